The number of allylic oxidation sites excluding steroid dienone is 1. The number of nitrogens with one attached hydrogen (secondary N) is 1. The van der Waals surface area contributed by atoms with Crippen LogP contribution in [0.15, 0.2) is 12.2 Å². The van der Waals surface area contributed by atoms with Gasteiger partial charge >= 0.3 is 0 Å². The third kappa shape index (κ3) is 2.10. The minimum absolute atomic E-state index is 0.302. The van der Waals surface area contributed by atoms with E-state index in [0.717, 1.165) is 6.54 Å². The summed E-state index contributed by atoms with van der Waals surface area (Å²) >= 11 is 0. The van der Waals surface area contributed by atoms with Crippen LogP contribution in [0.4, 0.5) is 0 Å². The molecule has 0 aliphatic carbocycles. The SMILES string of the molecule is C/C=C/C1C(NC)C(OC)CN1C. The third-order valence-corrected chi connectivity index (χ3v) is 2.77. The molecule has 3 nitrogen and oxygen atoms in total. The summed E-state index contributed by atoms with van der Waals surface area (Å²) in [5.41, 5.74) is 0. The zero-order valence-corrected chi connectivity index (χ0v) is 8.95. The van der Waals surface area contributed by atoms with Gasteiger partial charge in [0.15, 0.2) is 0 Å². The Hall–Kier alpha value is -0.380. The standard InChI is InChI=1S/C10H20N2O/c1-5-6-8-10(11-2)9(13-4)7-12(8)3/h5-6,8-11H,7H2,1-4H3/b6-5+. The van der Waals surface area contributed by atoms with Crippen molar-refractivity contribution in [1.29, 1.82) is 0 Å². The molecule has 76 valence electrons. The van der Waals surface area contributed by atoms with Gasteiger partial charge in [0.1, 0.15) is 0 Å². The summed E-state index contributed by atoms with van der Waals surface area (Å²) in [6.45, 7) is 3.05. The highest BCUT2D eigenvalue weighted by Gasteiger charge is 2.37. The predicted octanol–water partition coefficient (Wildman–Crippen LogP) is 0.480. The summed E-state index contributed by atoms with van der Waals surface area (Å²) in [6, 6.07) is 0.867. The first-order valence-electron chi connectivity index (χ1n) is 4.77. The van der Waals surface area contributed by atoms with Gasteiger partial charge in [0.05, 0.1) is 12.1 Å². The fraction of sp³-hybridized carbons (Fsp3) is 0.800. The van der Waals surface area contributed by atoms with Crippen molar-refractivity contribution in [2.45, 2.75) is 25.1 Å². The lowest BCUT2D eigenvalue weighted by atomic mass is 10.1. The Morgan fingerprint density at radius 3 is 2.69 bits per heavy atom. The topological polar surface area (TPSA) is 24.5 Å². The Balaban J connectivity index is 2.70. The number of nitrogens with zero attached hydrogens (tertiary/aromatic N) is 1. The van der Waals surface area contributed by atoms with E-state index >= 15 is 0 Å². The lowest BCUT2D eigenvalue weighted by Crippen LogP contribution is -2.43. The predicted molar refractivity (Wildman–Crippen MR) is 54.9 cm³/mol. The molecule has 3 unspecified atom stereocenters. The number of ether oxygens (including phenoxy) is 1. The van der Waals surface area contributed by atoms with E-state index in [1.54, 1.807) is 7.11 Å². The van der Waals surface area contributed by atoms with E-state index < -0.39 is 0 Å². The van der Waals surface area contributed by atoms with Crippen LogP contribution in [-0.4, -0.2) is 50.8 Å². The quantitative estimate of drug-likeness (QED) is 0.646. The number of methoxy groups -OCH3 is 1. The highest BCUT2D eigenvalue weighted by molar-refractivity contribution is 5.07. The van der Waals surface area contributed by atoms with E-state index in [2.05, 4.69) is 36.3 Å². The van der Waals surface area contributed by atoms with Crippen LogP contribution in [0.25, 0.3) is 0 Å². The van der Waals surface area contributed by atoms with Gasteiger partial charge in [0, 0.05) is 19.7 Å². The number of likely N-dealkylation sites (tertiary alicyclic amines) is 1. The Morgan fingerprint density at radius 2 is 2.23 bits per heavy atom. The Kier molecular flexibility index (Phi) is 3.90. The Labute approximate surface area is 80.8 Å². The molecule has 0 aromatic rings. The maximum atomic E-state index is 5.42. The second-order valence-corrected chi connectivity index (χ2v) is 3.54. The molecule has 0 spiro atoms. The van der Waals surface area contributed by atoms with Gasteiger partial charge in [-0.3, -0.25) is 4.90 Å². The largest absolute Gasteiger partial charge is 0.378 e. The molecule has 0 amide bonds. The summed E-state index contributed by atoms with van der Waals surface area (Å²) in [5, 5.41) is 3.31. The molecule has 0 aromatic carbocycles. The maximum absolute atomic E-state index is 5.42. The molecule has 1 aliphatic rings. The second-order valence-electron chi connectivity index (χ2n) is 3.54. The number of hydrogen-bond acceptors (Lipinski definition) is 3. The van der Waals surface area contributed by atoms with Crippen LogP contribution in [-0.2, 0) is 4.74 Å². The highest BCUT2D eigenvalue weighted by atomic mass is 16.5. The van der Waals surface area contributed by atoms with E-state index in [9.17, 15) is 0 Å². The van der Waals surface area contributed by atoms with Crippen LogP contribution < -0.4 is 5.32 Å². The van der Waals surface area contributed by atoms with Crippen LogP contribution in [0.3, 0.4) is 0 Å². The molecule has 0 aromatic heterocycles. The smallest absolute Gasteiger partial charge is 0.0869 e. The first-order chi connectivity index (χ1) is 6.24. The zero-order valence-electron chi connectivity index (χ0n) is 8.95. The molecule has 13 heavy (non-hydrogen) atoms. The summed E-state index contributed by atoms with van der Waals surface area (Å²) < 4.78 is 5.42. The lowest BCUT2D eigenvalue weighted by molar-refractivity contribution is 0.0927. The molecule has 1 heterocycles. The van der Waals surface area contributed by atoms with Crippen molar-refractivity contribution in [3.8, 4) is 0 Å². The number of hydrogen-bond donors (Lipinski definition) is 1. The highest BCUT2D eigenvalue weighted by Crippen LogP contribution is 2.19. The summed E-state index contributed by atoms with van der Waals surface area (Å²) in [4.78, 5) is 2.31. The molecule has 1 N–H and O–H groups in total. The van der Waals surface area contributed by atoms with Gasteiger partial charge in [-0.05, 0) is 21.0 Å². The second kappa shape index (κ2) is 4.74. The van der Waals surface area contributed by atoms with Crippen molar-refractivity contribution in [2.75, 3.05) is 27.7 Å². The molecule has 0 saturated carbocycles. The van der Waals surface area contributed by atoms with Crippen LogP contribution in [0.2, 0.25) is 0 Å². The van der Waals surface area contributed by atoms with Gasteiger partial charge in [-0.15, -0.1) is 0 Å². The molecule has 0 radical (unpaired) electrons. The van der Waals surface area contributed by atoms with E-state index in [1.807, 2.05) is 7.05 Å². The zero-order chi connectivity index (χ0) is 9.84. The van der Waals surface area contributed by atoms with Gasteiger partial charge in [-0.1, -0.05) is 12.2 Å². The van der Waals surface area contributed by atoms with Gasteiger partial charge < -0.3 is 10.1 Å². The van der Waals surface area contributed by atoms with Crippen molar-refractivity contribution < 1.29 is 4.74 Å². The Bertz CT molecular complexity index is 182. The van der Waals surface area contributed by atoms with Crippen LogP contribution >= 0.6 is 0 Å². The van der Waals surface area contributed by atoms with E-state index in [1.165, 1.54) is 0 Å². The molecule has 1 saturated heterocycles. The summed E-state index contributed by atoms with van der Waals surface area (Å²) in [5.74, 6) is 0. The molecular formula is C10H20N2O. The third-order valence-electron chi connectivity index (χ3n) is 2.77. The summed E-state index contributed by atoms with van der Waals surface area (Å²) in [6.07, 6.45) is 4.63. The first kappa shape index (κ1) is 10.7. The molecule has 0 bridgehead atoms. The minimum atomic E-state index is 0.302. The van der Waals surface area contributed by atoms with Crippen LogP contribution in [0.5, 0.6) is 0 Å². The fourth-order valence-electron chi connectivity index (χ4n) is 2.05. The minimum Gasteiger partial charge on any atom is -0.378 e. The normalized spacial score (nSPS) is 36.2. The number of likely N-dealkylation sites (N-methyl/N-ethyl adjacent to an activating group) is 2. The van der Waals surface area contributed by atoms with Crippen LogP contribution in [0.1, 0.15) is 6.92 Å². The van der Waals surface area contributed by atoms with Crippen molar-refractivity contribution in [3.05, 3.63) is 12.2 Å². The lowest BCUT2D eigenvalue weighted by Gasteiger charge is -2.22. The first-order valence-corrected chi connectivity index (χ1v) is 4.77. The molecule has 3 heteroatoms. The fourth-order valence-corrected chi connectivity index (χ4v) is 2.05. The average Bonchev–Trinajstić information content (AvgIpc) is 2.44. The average molecular weight is 184 g/mol. The molecule has 1 aliphatic heterocycles. The molecule has 1 fully saturated rings. The molecule has 3 atom stereocenters. The molecule has 1 rings (SSSR count). The number of rotatable bonds is 3. The Morgan fingerprint density at radius 1 is 1.54 bits per heavy atom. The monoisotopic (exact) mass is 184 g/mol. The van der Waals surface area contributed by atoms with Crippen LogP contribution in [0, 0.1) is 0 Å². The van der Waals surface area contributed by atoms with Crippen molar-refractivity contribution >= 4 is 0 Å². The van der Waals surface area contributed by atoms with Gasteiger partial charge in [0.2, 0.25) is 0 Å². The van der Waals surface area contributed by atoms with Crippen molar-refractivity contribution in [1.82, 2.24) is 10.2 Å². The van der Waals surface area contributed by atoms with Gasteiger partial charge in [0.25, 0.3) is 0 Å². The van der Waals surface area contributed by atoms with Gasteiger partial charge in [-0.25, -0.2) is 0 Å². The van der Waals surface area contributed by atoms with E-state index in [4.69, 9.17) is 4.74 Å². The maximum Gasteiger partial charge on any atom is 0.0869 e. The molecular weight excluding hydrogens is 164 g/mol. The van der Waals surface area contributed by atoms with Crippen molar-refractivity contribution in [2.24, 2.45) is 0 Å². The van der Waals surface area contributed by atoms with Gasteiger partial charge in [-0.2, -0.15) is 0 Å². The van der Waals surface area contributed by atoms with Crippen molar-refractivity contribution in [3.63, 3.8) is 0 Å². The van der Waals surface area contributed by atoms with E-state index in [0.29, 0.717) is 18.2 Å². The summed E-state index contributed by atoms with van der Waals surface area (Å²) in [7, 11) is 5.90. The van der Waals surface area contributed by atoms with E-state index in [-0.39, 0.29) is 0 Å².